The van der Waals surface area contributed by atoms with Crippen molar-refractivity contribution in [1.82, 2.24) is 19.6 Å². The Bertz CT molecular complexity index is 1290. The molecule has 2 fully saturated rings. The maximum Gasteiger partial charge on any atom is 0.335 e. The standard InChI is InChI=1S/C29H40N4O7S/c1-20(38-3)33(21(2)39-4)28(34)19-41(36,37)30-32-18-27(25-12-10-24(11-13-25)23-8-9-23)31(29(32)35)17-16-22-6-14-26(40-5)15-7-22/h6-7,10-15,20-21,23,27,30H,8-9,16-19H2,1-5H3. The Morgan fingerprint density at radius 2 is 1.56 bits per heavy atom. The molecule has 4 rings (SSSR count). The summed E-state index contributed by atoms with van der Waals surface area (Å²) in [7, 11) is 0.213. The molecule has 2 aromatic carbocycles. The maximum atomic E-state index is 13.6. The summed E-state index contributed by atoms with van der Waals surface area (Å²) in [4.78, 5) is 31.8. The third kappa shape index (κ3) is 7.56. The first-order valence-electron chi connectivity index (χ1n) is 13.7. The molecule has 1 saturated heterocycles. The molecule has 0 spiro atoms. The van der Waals surface area contributed by atoms with Crippen LogP contribution >= 0.6 is 0 Å². The van der Waals surface area contributed by atoms with Crippen LogP contribution < -0.4 is 9.57 Å². The number of hydrazine groups is 1. The Kier molecular flexibility index (Phi) is 9.90. The quantitative estimate of drug-likeness (QED) is 0.337. The van der Waals surface area contributed by atoms with Crippen LogP contribution in [-0.2, 0) is 30.7 Å². The van der Waals surface area contributed by atoms with Gasteiger partial charge < -0.3 is 19.1 Å². The van der Waals surface area contributed by atoms with E-state index in [4.69, 9.17) is 14.2 Å². The summed E-state index contributed by atoms with van der Waals surface area (Å²) in [6.45, 7) is 3.72. The SMILES string of the molecule is COc1ccc(CCN2C(=O)N(NS(=O)(=O)CC(=O)N(C(C)OC)C(C)OC)CC2c2ccc(C3CC3)cc2)cc1. The molecule has 2 aliphatic rings. The molecule has 1 heterocycles. The smallest absolute Gasteiger partial charge is 0.335 e. The average molecular weight is 589 g/mol. The number of benzene rings is 2. The summed E-state index contributed by atoms with van der Waals surface area (Å²) in [6, 6.07) is 15.0. The van der Waals surface area contributed by atoms with E-state index < -0.39 is 40.2 Å². The first-order chi connectivity index (χ1) is 19.6. The van der Waals surface area contributed by atoms with Crippen molar-refractivity contribution in [3.8, 4) is 5.75 Å². The van der Waals surface area contributed by atoms with Gasteiger partial charge in [-0.25, -0.2) is 18.2 Å². The molecule has 224 valence electrons. The van der Waals surface area contributed by atoms with Crippen molar-refractivity contribution in [2.75, 3.05) is 40.2 Å². The van der Waals surface area contributed by atoms with Crippen LogP contribution in [0.3, 0.4) is 0 Å². The summed E-state index contributed by atoms with van der Waals surface area (Å²) < 4.78 is 41.9. The van der Waals surface area contributed by atoms with E-state index in [2.05, 4.69) is 17.0 Å². The number of methoxy groups -OCH3 is 3. The Labute approximate surface area is 242 Å². The summed E-state index contributed by atoms with van der Waals surface area (Å²) in [5.41, 5.74) is 3.22. The number of hydrogen-bond acceptors (Lipinski definition) is 7. The normalized spacial score (nSPS) is 18.9. The molecule has 0 radical (unpaired) electrons. The molecule has 1 aliphatic heterocycles. The lowest BCUT2D eigenvalue weighted by Gasteiger charge is -2.32. The molecule has 3 atom stereocenters. The number of nitrogens with zero attached hydrogens (tertiary/aromatic N) is 3. The predicted molar refractivity (Wildman–Crippen MR) is 153 cm³/mol. The number of nitrogens with one attached hydrogen (secondary N) is 1. The monoisotopic (exact) mass is 588 g/mol. The lowest BCUT2D eigenvalue weighted by molar-refractivity contribution is -0.161. The van der Waals surface area contributed by atoms with E-state index in [1.165, 1.54) is 37.5 Å². The highest BCUT2D eigenvalue weighted by Gasteiger charge is 2.41. The van der Waals surface area contributed by atoms with E-state index >= 15 is 0 Å². The Balaban J connectivity index is 1.51. The first kappa shape index (κ1) is 30.8. The van der Waals surface area contributed by atoms with Crippen molar-refractivity contribution in [1.29, 1.82) is 0 Å². The van der Waals surface area contributed by atoms with Gasteiger partial charge in [-0.05, 0) is 67.9 Å². The highest BCUT2D eigenvalue weighted by Crippen LogP contribution is 2.40. The van der Waals surface area contributed by atoms with Crippen molar-refractivity contribution in [3.63, 3.8) is 0 Å². The number of amides is 3. The number of sulfonamides is 1. The number of carbonyl (C=O) groups excluding carboxylic acids is 2. The van der Waals surface area contributed by atoms with E-state index in [0.29, 0.717) is 18.9 Å². The number of ether oxygens (including phenoxy) is 3. The van der Waals surface area contributed by atoms with Crippen LogP contribution in [0.15, 0.2) is 48.5 Å². The molecule has 0 bridgehead atoms. The number of carbonyl (C=O) groups is 2. The van der Waals surface area contributed by atoms with E-state index in [0.717, 1.165) is 21.9 Å². The Hall–Kier alpha value is -3.19. The number of hydrogen-bond donors (Lipinski definition) is 1. The number of rotatable bonds is 14. The molecule has 1 saturated carbocycles. The second-order valence-corrected chi connectivity index (χ2v) is 12.2. The van der Waals surface area contributed by atoms with Crippen molar-refractivity contribution < 1.29 is 32.2 Å². The van der Waals surface area contributed by atoms with Gasteiger partial charge in [0, 0.05) is 20.8 Å². The zero-order valence-corrected chi connectivity index (χ0v) is 25.1. The predicted octanol–water partition coefficient (Wildman–Crippen LogP) is 3.24. The molecule has 41 heavy (non-hydrogen) atoms. The Morgan fingerprint density at radius 3 is 2.10 bits per heavy atom. The molecule has 3 unspecified atom stereocenters. The average Bonchev–Trinajstić information content (AvgIpc) is 3.77. The minimum absolute atomic E-state index is 0.101. The van der Waals surface area contributed by atoms with Gasteiger partial charge in [0.1, 0.15) is 24.0 Å². The third-order valence-electron chi connectivity index (χ3n) is 7.70. The van der Waals surface area contributed by atoms with Crippen LogP contribution in [0.25, 0.3) is 0 Å². The highest BCUT2D eigenvalue weighted by molar-refractivity contribution is 7.90. The molecular formula is C29H40N4O7S. The van der Waals surface area contributed by atoms with Gasteiger partial charge in [0.05, 0.1) is 19.7 Å². The van der Waals surface area contributed by atoms with Gasteiger partial charge in [-0.1, -0.05) is 36.4 Å². The fraction of sp³-hybridized carbons (Fsp3) is 0.517. The fourth-order valence-electron chi connectivity index (χ4n) is 5.07. The van der Waals surface area contributed by atoms with Crippen LogP contribution in [0.5, 0.6) is 5.75 Å². The van der Waals surface area contributed by atoms with Crippen LogP contribution in [-0.4, -0.2) is 87.8 Å². The Morgan fingerprint density at radius 1 is 0.976 bits per heavy atom. The summed E-state index contributed by atoms with van der Waals surface area (Å²) in [6.07, 6.45) is 1.53. The molecule has 11 nitrogen and oxygen atoms in total. The van der Waals surface area contributed by atoms with E-state index in [1.54, 1.807) is 25.9 Å². The second kappa shape index (κ2) is 13.2. The van der Waals surface area contributed by atoms with Crippen molar-refractivity contribution in [2.24, 2.45) is 0 Å². The first-order valence-corrected chi connectivity index (χ1v) is 15.4. The van der Waals surface area contributed by atoms with Crippen molar-refractivity contribution in [2.45, 2.75) is 57.5 Å². The van der Waals surface area contributed by atoms with Gasteiger partial charge in [-0.3, -0.25) is 9.69 Å². The van der Waals surface area contributed by atoms with Crippen molar-refractivity contribution in [3.05, 3.63) is 65.2 Å². The van der Waals surface area contributed by atoms with E-state index in [9.17, 15) is 18.0 Å². The zero-order valence-electron chi connectivity index (χ0n) is 24.3. The summed E-state index contributed by atoms with van der Waals surface area (Å²) >= 11 is 0. The van der Waals surface area contributed by atoms with Crippen LogP contribution in [0.4, 0.5) is 4.79 Å². The largest absolute Gasteiger partial charge is 0.497 e. The molecule has 1 N–H and O–H groups in total. The van der Waals surface area contributed by atoms with Crippen LogP contribution in [0, 0.1) is 0 Å². The van der Waals surface area contributed by atoms with Gasteiger partial charge in [0.2, 0.25) is 15.9 Å². The van der Waals surface area contributed by atoms with Gasteiger partial charge in [0.15, 0.2) is 0 Å². The lowest BCUT2D eigenvalue weighted by Crippen LogP contribution is -2.52. The summed E-state index contributed by atoms with van der Waals surface area (Å²) in [5.74, 6) is -0.239. The zero-order chi connectivity index (χ0) is 29.7. The van der Waals surface area contributed by atoms with Gasteiger partial charge in [-0.15, -0.1) is 4.83 Å². The topological polar surface area (TPSA) is 118 Å². The molecule has 12 heteroatoms. The number of urea groups is 1. The molecule has 2 aromatic rings. The van der Waals surface area contributed by atoms with Gasteiger partial charge in [-0.2, -0.15) is 0 Å². The van der Waals surface area contributed by atoms with Gasteiger partial charge in [0.25, 0.3) is 0 Å². The maximum absolute atomic E-state index is 13.6. The second-order valence-electron chi connectivity index (χ2n) is 10.5. The minimum atomic E-state index is -4.23. The van der Waals surface area contributed by atoms with Crippen molar-refractivity contribution >= 4 is 22.0 Å². The minimum Gasteiger partial charge on any atom is -0.497 e. The van der Waals surface area contributed by atoms with E-state index in [-0.39, 0.29) is 12.6 Å². The summed E-state index contributed by atoms with van der Waals surface area (Å²) in [5, 5.41) is 1.08. The third-order valence-corrected chi connectivity index (χ3v) is 8.82. The molecule has 1 aliphatic carbocycles. The lowest BCUT2D eigenvalue weighted by atomic mass is 10.0. The van der Waals surface area contributed by atoms with E-state index in [1.807, 2.05) is 36.4 Å². The molecule has 0 aromatic heterocycles. The molecule has 3 amide bonds. The highest BCUT2D eigenvalue weighted by atomic mass is 32.2. The fourth-order valence-corrected chi connectivity index (χ4v) is 6.09. The molecular weight excluding hydrogens is 548 g/mol. The van der Waals surface area contributed by atoms with Crippen LogP contribution in [0.1, 0.15) is 55.3 Å². The van der Waals surface area contributed by atoms with Gasteiger partial charge >= 0.3 is 6.03 Å². The van der Waals surface area contributed by atoms with Crippen LogP contribution in [0.2, 0.25) is 0 Å².